The summed E-state index contributed by atoms with van der Waals surface area (Å²) in [5.41, 5.74) is 5.51. The molecular weight excluding hydrogens is 284 g/mol. The number of benzene rings is 2. The highest BCUT2D eigenvalue weighted by atomic mass is 16.3. The maximum absolute atomic E-state index is 6.27. The van der Waals surface area contributed by atoms with Crippen molar-refractivity contribution in [3.8, 4) is 0 Å². The standard InChI is InChI=1S/C20H17N2O/c1-12-7-8-13-5-4-6-15-18(13)17(12)19-16(23-15)11-14-9-10-21(2)20(14)22(19)3/h4-11H,1-3H3/q+1. The number of hydrogen-bond acceptors (Lipinski definition) is 1. The van der Waals surface area contributed by atoms with Gasteiger partial charge in [0.2, 0.25) is 0 Å². The van der Waals surface area contributed by atoms with Crippen LogP contribution in [-0.2, 0) is 14.1 Å². The Morgan fingerprint density at radius 1 is 0.957 bits per heavy atom. The Morgan fingerprint density at radius 2 is 1.83 bits per heavy atom. The van der Waals surface area contributed by atoms with E-state index in [0.717, 1.165) is 16.7 Å². The summed E-state index contributed by atoms with van der Waals surface area (Å²) in [5.74, 6) is 0. The van der Waals surface area contributed by atoms with Gasteiger partial charge in [0.25, 0.3) is 5.65 Å². The number of nitrogens with zero attached hydrogens (tertiary/aromatic N) is 2. The van der Waals surface area contributed by atoms with E-state index >= 15 is 0 Å². The molecule has 0 saturated carbocycles. The van der Waals surface area contributed by atoms with Crippen molar-refractivity contribution in [2.45, 2.75) is 6.92 Å². The van der Waals surface area contributed by atoms with Gasteiger partial charge in [-0.1, -0.05) is 24.3 Å². The van der Waals surface area contributed by atoms with Crippen molar-refractivity contribution in [1.82, 2.24) is 4.57 Å². The molecule has 5 aromatic rings. The molecule has 0 fully saturated rings. The van der Waals surface area contributed by atoms with Crippen LogP contribution in [0.2, 0.25) is 0 Å². The third-order valence-electron chi connectivity index (χ3n) is 4.92. The lowest BCUT2D eigenvalue weighted by Gasteiger charge is -2.11. The van der Waals surface area contributed by atoms with E-state index in [1.54, 1.807) is 0 Å². The summed E-state index contributed by atoms with van der Waals surface area (Å²) in [6.45, 7) is 2.18. The zero-order chi connectivity index (χ0) is 15.7. The lowest BCUT2D eigenvalue weighted by atomic mass is 9.99. The maximum Gasteiger partial charge on any atom is 0.289 e. The van der Waals surface area contributed by atoms with Gasteiger partial charge in [0.15, 0.2) is 11.1 Å². The Balaban J connectivity index is 2.20. The van der Waals surface area contributed by atoms with Crippen LogP contribution in [0.4, 0.5) is 0 Å². The van der Waals surface area contributed by atoms with Crippen molar-refractivity contribution in [2.24, 2.45) is 14.1 Å². The van der Waals surface area contributed by atoms with Crippen molar-refractivity contribution in [1.29, 1.82) is 0 Å². The molecule has 5 rings (SSSR count). The van der Waals surface area contributed by atoms with Gasteiger partial charge in [-0.2, -0.15) is 0 Å². The number of fused-ring (bicyclic) bond motifs is 3. The van der Waals surface area contributed by atoms with Gasteiger partial charge in [0.1, 0.15) is 5.58 Å². The lowest BCUT2D eigenvalue weighted by molar-refractivity contribution is -0.645. The molecule has 3 nitrogen and oxygen atoms in total. The molecule has 112 valence electrons. The summed E-state index contributed by atoms with van der Waals surface area (Å²) in [5, 5.41) is 4.91. The van der Waals surface area contributed by atoms with Crippen molar-refractivity contribution in [3.05, 3.63) is 54.2 Å². The van der Waals surface area contributed by atoms with Gasteiger partial charge < -0.3 is 4.42 Å². The molecule has 0 N–H and O–H groups in total. The van der Waals surface area contributed by atoms with E-state index in [2.05, 4.69) is 78.8 Å². The number of aryl methyl sites for hydroxylation is 3. The van der Waals surface area contributed by atoms with Crippen molar-refractivity contribution in [3.63, 3.8) is 0 Å². The minimum atomic E-state index is 0.931. The number of pyridine rings is 1. The molecule has 0 amide bonds. The topological polar surface area (TPSA) is 21.9 Å². The molecule has 0 aliphatic heterocycles. The molecule has 0 saturated heterocycles. The third kappa shape index (κ3) is 1.51. The van der Waals surface area contributed by atoms with Crippen LogP contribution in [-0.4, -0.2) is 4.57 Å². The smallest absolute Gasteiger partial charge is 0.289 e. The molecular formula is C20H17N2O+. The normalized spacial score (nSPS) is 12.1. The van der Waals surface area contributed by atoms with Gasteiger partial charge in [-0.25, -0.2) is 9.13 Å². The summed E-state index contributed by atoms with van der Waals surface area (Å²) in [4.78, 5) is 0. The molecule has 23 heavy (non-hydrogen) atoms. The third-order valence-corrected chi connectivity index (χ3v) is 4.92. The van der Waals surface area contributed by atoms with E-state index in [4.69, 9.17) is 4.42 Å². The first kappa shape index (κ1) is 12.7. The SMILES string of the molecule is Cc1ccc2cccc3oc4cc5cc[n+](C)c5n(C)c4c1c23. The van der Waals surface area contributed by atoms with Crippen LogP contribution in [0, 0.1) is 6.92 Å². The molecule has 0 aliphatic rings. The van der Waals surface area contributed by atoms with Gasteiger partial charge in [0, 0.05) is 16.8 Å². The summed E-state index contributed by atoms with van der Waals surface area (Å²) in [7, 11) is 4.20. The molecule has 3 heteroatoms. The van der Waals surface area contributed by atoms with E-state index in [1.165, 1.54) is 32.8 Å². The summed E-state index contributed by atoms with van der Waals surface area (Å²) in [6, 6.07) is 14.9. The van der Waals surface area contributed by atoms with E-state index in [1.807, 2.05) is 0 Å². The Kier molecular flexibility index (Phi) is 2.28. The first-order chi connectivity index (χ1) is 11.1. The van der Waals surface area contributed by atoms with Gasteiger partial charge in [-0.05, 0) is 30.0 Å². The van der Waals surface area contributed by atoms with Crippen molar-refractivity contribution in [2.75, 3.05) is 0 Å². The average molecular weight is 301 g/mol. The minimum Gasteiger partial charge on any atom is -0.452 e. The van der Waals surface area contributed by atoms with Crippen molar-refractivity contribution < 1.29 is 8.98 Å². The molecule has 2 aromatic carbocycles. The summed E-state index contributed by atoms with van der Waals surface area (Å²) < 4.78 is 10.7. The van der Waals surface area contributed by atoms with E-state index < -0.39 is 0 Å². The predicted molar refractivity (Wildman–Crippen MR) is 93.6 cm³/mol. The van der Waals surface area contributed by atoms with Gasteiger partial charge in [-0.15, -0.1) is 0 Å². The number of hydrogen-bond donors (Lipinski definition) is 0. The van der Waals surface area contributed by atoms with Crippen LogP contribution in [0.3, 0.4) is 0 Å². The molecule has 0 unspecified atom stereocenters. The van der Waals surface area contributed by atoms with E-state index in [-0.39, 0.29) is 0 Å². The fourth-order valence-electron chi connectivity index (χ4n) is 3.89. The minimum absolute atomic E-state index is 0.931. The predicted octanol–water partition coefficient (Wildman–Crippen LogP) is 4.36. The molecule has 0 atom stereocenters. The summed E-state index contributed by atoms with van der Waals surface area (Å²) in [6.07, 6.45) is 2.09. The van der Waals surface area contributed by atoms with Gasteiger partial charge >= 0.3 is 0 Å². The second-order valence-corrected chi connectivity index (χ2v) is 6.34. The highest BCUT2D eigenvalue weighted by Gasteiger charge is 2.20. The summed E-state index contributed by atoms with van der Waals surface area (Å²) >= 11 is 0. The van der Waals surface area contributed by atoms with Crippen LogP contribution in [0.5, 0.6) is 0 Å². The zero-order valence-electron chi connectivity index (χ0n) is 13.4. The Bertz CT molecular complexity index is 1240. The first-order valence-electron chi connectivity index (χ1n) is 7.84. The lowest BCUT2D eigenvalue weighted by Crippen LogP contribution is -2.27. The number of rotatable bonds is 0. The Labute approximate surface area is 133 Å². The largest absolute Gasteiger partial charge is 0.452 e. The molecule has 3 heterocycles. The van der Waals surface area contributed by atoms with Crippen LogP contribution in [0.25, 0.3) is 43.9 Å². The Hall–Kier alpha value is -2.81. The fraction of sp³-hybridized carbons (Fsp3) is 0.150. The van der Waals surface area contributed by atoms with Crippen LogP contribution in [0.15, 0.2) is 53.1 Å². The molecule has 0 radical (unpaired) electrons. The molecule has 0 spiro atoms. The van der Waals surface area contributed by atoms with Crippen LogP contribution in [0.1, 0.15) is 5.56 Å². The van der Waals surface area contributed by atoms with Crippen LogP contribution >= 0.6 is 0 Å². The van der Waals surface area contributed by atoms with E-state index in [0.29, 0.717) is 0 Å². The van der Waals surface area contributed by atoms with Crippen molar-refractivity contribution >= 4 is 43.9 Å². The highest BCUT2D eigenvalue weighted by Crippen LogP contribution is 2.36. The Morgan fingerprint density at radius 3 is 2.70 bits per heavy atom. The monoisotopic (exact) mass is 301 g/mol. The molecule has 3 aromatic heterocycles. The zero-order valence-corrected chi connectivity index (χ0v) is 13.4. The first-order valence-corrected chi connectivity index (χ1v) is 7.84. The van der Waals surface area contributed by atoms with Gasteiger partial charge in [0.05, 0.1) is 25.7 Å². The highest BCUT2D eigenvalue weighted by molar-refractivity contribution is 6.18. The van der Waals surface area contributed by atoms with E-state index in [9.17, 15) is 0 Å². The quantitative estimate of drug-likeness (QED) is 0.236. The maximum atomic E-state index is 6.27. The second kappa shape index (κ2) is 4.13. The second-order valence-electron chi connectivity index (χ2n) is 6.34. The fourth-order valence-corrected chi connectivity index (χ4v) is 3.89. The van der Waals surface area contributed by atoms with Gasteiger partial charge in [-0.3, -0.25) is 0 Å². The number of aromatic nitrogens is 2. The molecule has 0 bridgehead atoms. The molecule has 0 aliphatic carbocycles. The average Bonchev–Trinajstić information content (AvgIpc) is 2.91. The van der Waals surface area contributed by atoms with Crippen LogP contribution < -0.4 is 4.57 Å².